The number of hydrogen-bond donors (Lipinski definition) is 0. The third-order valence-corrected chi connectivity index (χ3v) is 4.60. The topological polar surface area (TPSA) is 30.2 Å². The fourth-order valence-corrected chi connectivity index (χ4v) is 3.15. The zero-order chi connectivity index (χ0) is 12.9. The Morgan fingerprint density at radius 1 is 1.17 bits per heavy atom. The van der Waals surface area contributed by atoms with Gasteiger partial charge in [-0.2, -0.15) is 0 Å². The third kappa shape index (κ3) is 1.87. The van der Waals surface area contributed by atoms with Crippen LogP contribution in [-0.4, -0.2) is 14.4 Å². The number of aryl methyl sites for hydroxylation is 3. The number of imidazole rings is 1. The van der Waals surface area contributed by atoms with E-state index in [1.807, 2.05) is 23.7 Å². The maximum Gasteiger partial charge on any atom is 0.137 e. The summed E-state index contributed by atoms with van der Waals surface area (Å²) in [6.07, 6.45) is 4.07. The van der Waals surface area contributed by atoms with Crippen LogP contribution in [0.3, 0.4) is 0 Å². The maximum absolute atomic E-state index is 4.65. The van der Waals surface area contributed by atoms with E-state index in [0.29, 0.717) is 0 Å². The molecular weight excluding hydrogens is 310 g/mol. The molecule has 0 fully saturated rings. The second-order valence-electron chi connectivity index (χ2n) is 4.33. The minimum atomic E-state index is 0.939. The number of thiazole rings is 1. The van der Waals surface area contributed by atoms with E-state index in [9.17, 15) is 0 Å². The van der Waals surface area contributed by atoms with E-state index in [4.69, 9.17) is 0 Å². The van der Waals surface area contributed by atoms with Crippen LogP contribution in [0.2, 0.25) is 0 Å². The maximum atomic E-state index is 4.65. The molecule has 92 valence electrons. The third-order valence-electron chi connectivity index (χ3n) is 2.88. The van der Waals surface area contributed by atoms with Crippen molar-refractivity contribution in [2.75, 3.05) is 0 Å². The molecule has 0 N–H and O–H groups in total. The summed E-state index contributed by atoms with van der Waals surface area (Å²) in [5.41, 5.74) is 4.07. The molecule has 0 aliphatic heterocycles. The van der Waals surface area contributed by atoms with Crippen molar-refractivity contribution in [1.29, 1.82) is 0 Å². The average Bonchev–Trinajstić information content (AvgIpc) is 2.82. The van der Waals surface area contributed by atoms with Gasteiger partial charge in [0.1, 0.15) is 17.0 Å². The minimum absolute atomic E-state index is 0.939. The molecule has 0 aliphatic carbocycles. The van der Waals surface area contributed by atoms with Crippen molar-refractivity contribution in [3.05, 3.63) is 38.4 Å². The Morgan fingerprint density at radius 2 is 1.94 bits per heavy atom. The predicted octanol–water partition coefficient (Wildman–Crippen LogP) is 4.15. The highest BCUT2D eigenvalue weighted by atomic mass is 79.9. The molecule has 5 heteroatoms. The highest BCUT2D eigenvalue weighted by Gasteiger charge is 2.12. The Balaban J connectivity index is 2.22. The normalized spacial score (nSPS) is 11.3. The number of pyridine rings is 1. The Morgan fingerprint density at radius 3 is 2.61 bits per heavy atom. The van der Waals surface area contributed by atoms with E-state index in [-0.39, 0.29) is 0 Å². The molecule has 0 unspecified atom stereocenters. The van der Waals surface area contributed by atoms with Crippen LogP contribution in [0.1, 0.15) is 15.4 Å². The predicted molar refractivity (Wildman–Crippen MR) is 78.2 cm³/mol. The molecule has 0 bridgehead atoms. The molecule has 3 heterocycles. The van der Waals surface area contributed by atoms with E-state index in [0.717, 1.165) is 26.5 Å². The van der Waals surface area contributed by atoms with Gasteiger partial charge < -0.3 is 4.40 Å². The van der Waals surface area contributed by atoms with Gasteiger partial charge >= 0.3 is 0 Å². The first-order valence-electron chi connectivity index (χ1n) is 5.64. The summed E-state index contributed by atoms with van der Waals surface area (Å²) in [6, 6.07) is 2.07. The Hall–Kier alpha value is -1.20. The van der Waals surface area contributed by atoms with Crippen molar-refractivity contribution in [3.8, 4) is 11.4 Å². The summed E-state index contributed by atoms with van der Waals surface area (Å²) in [5.74, 6) is 0. The number of hydrogen-bond acceptors (Lipinski definition) is 3. The molecule has 0 radical (unpaired) electrons. The van der Waals surface area contributed by atoms with Crippen molar-refractivity contribution in [1.82, 2.24) is 14.4 Å². The second kappa shape index (κ2) is 4.17. The van der Waals surface area contributed by atoms with Gasteiger partial charge in [-0.15, -0.1) is 11.3 Å². The van der Waals surface area contributed by atoms with Gasteiger partial charge in [-0.25, -0.2) is 9.97 Å². The lowest BCUT2D eigenvalue weighted by molar-refractivity contribution is 1.15. The molecule has 0 aliphatic rings. The molecule has 3 aromatic rings. The van der Waals surface area contributed by atoms with Gasteiger partial charge in [0.15, 0.2) is 0 Å². The summed E-state index contributed by atoms with van der Waals surface area (Å²) in [6.45, 7) is 6.18. The number of aromatic nitrogens is 3. The van der Waals surface area contributed by atoms with Crippen LogP contribution in [0.4, 0.5) is 0 Å². The van der Waals surface area contributed by atoms with Gasteiger partial charge in [-0.3, -0.25) is 0 Å². The zero-order valence-corrected chi connectivity index (χ0v) is 12.8. The average molecular weight is 322 g/mol. The quantitative estimate of drug-likeness (QED) is 0.674. The summed E-state index contributed by atoms with van der Waals surface area (Å²) in [4.78, 5) is 10.4. The lowest BCUT2D eigenvalue weighted by Gasteiger charge is -1.98. The molecule has 3 aromatic heterocycles. The fraction of sp³-hybridized carbons (Fsp3) is 0.231. The summed E-state index contributed by atoms with van der Waals surface area (Å²) >= 11 is 5.25. The van der Waals surface area contributed by atoms with Crippen LogP contribution in [0.15, 0.2) is 22.9 Å². The summed E-state index contributed by atoms with van der Waals surface area (Å²) in [7, 11) is 0. The smallest absolute Gasteiger partial charge is 0.137 e. The molecule has 0 atom stereocenters. The van der Waals surface area contributed by atoms with Gasteiger partial charge in [-0.1, -0.05) is 0 Å². The first-order valence-corrected chi connectivity index (χ1v) is 7.25. The highest BCUT2D eigenvalue weighted by molar-refractivity contribution is 9.10. The van der Waals surface area contributed by atoms with Crippen molar-refractivity contribution in [2.45, 2.75) is 20.8 Å². The number of nitrogens with zero attached hydrogens (tertiary/aromatic N) is 3. The standard InChI is InChI=1S/C13H12BrN3S/c1-7-4-12-16-11(6-17(12)5-10(7)14)13-8(2)18-9(3)15-13/h4-6H,1-3H3. The van der Waals surface area contributed by atoms with Crippen LogP contribution in [-0.2, 0) is 0 Å². The second-order valence-corrected chi connectivity index (χ2v) is 6.60. The minimum Gasteiger partial charge on any atom is -0.305 e. The van der Waals surface area contributed by atoms with Crippen molar-refractivity contribution in [2.24, 2.45) is 0 Å². The highest BCUT2D eigenvalue weighted by Crippen LogP contribution is 2.27. The van der Waals surface area contributed by atoms with E-state index in [1.165, 1.54) is 10.4 Å². The van der Waals surface area contributed by atoms with Gasteiger partial charge in [0, 0.05) is 21.7 Å². The van der Waals surface area contributed by atoms with Crippen molar-refractivity contribution >= 4 is 32.9 Å². The van der Waals surface area contributed by atoms with Gasteiger partial charge in [0.2, 0.25) is 0 Å². The molecule has 18 heavy (non-hydrogen) atoms. The van der Waals surface area contributed by atoms with Crippen LogP contribution in [0.25, 0.3) is 17.0 Å². The first kappa shape index (κ1) is 11.9. The van der Waals surface area contributed by atoms with Gasteiger partial charge in [0.25, 0.3) is 0 Å². The lowest BCUT2D eigenvalue weighted by atomic mass is 10.3. The molecule has 3 rings (SSSR count). The van der Waals surface area contributed by atoms with Gasteiger partial charge in [-0.05, 0) is 48.3 Å². The monoisotopic (exact) mass is 321 g/mol. The van der Waals surface area contributed by atoms with E-state index >= 15 is 0 Å². The number of rotatable bonds is 1. The molecular formula is C13H12BrN3S. The molecule has 0 aromatic carbocycles. The zero-order valence-electron chi connectivity index (χ0n) is 10.4. The Bertz CT molecular complexity index is 703. The molecule has 0 amide bonds. The van der Waals surface area contributed by atoms with Crippen LogP contribution in [0, 0.1) is 20.8 Å². The van der Waals surface area contributed by atoms with Crippen LogP contribution >= 0.6 is 27.3 Å². The van der Waals surface area contributed by atoms with Gasteiger partial charge in [0.05, 0.1) is 5.01 Å². The molecule has 0 saturated heterocycles. The summed E-state index contributed by atoms with van der Waals surface area (Å²) < 4.78 is 3.12. The Kier molecular flexibility index (Phi) is 2.75. The van der Waals surface area contributed by atoms with Crippen LogP contribution < -0.4 is 0 Å². The molecule has 3 nitrogen and oxygen atoms in total. The molecule has 0 saturated carbocycles. The van der Waals surface area contributed by atoms with Crippen molar-refractivity contribution < 1.29 is 0 Å². The SMILES string of the molecule is Cc1nc(-c2cn3cc(Br)c(C)cc3n2)c(C)s1. The number of halogens is 1. The lowest BCUT2D eigenvalue weighted by Crippen LogP contribution is -1.85. The van der Waals surface area contributed by atoms with E-state index < -0.39 is 0 Å². The van der Waals surface area contributed by atoms with Crippen molar-refractivity contribution in [3.63, 3.8) is 0 Å². The molecule has 0 spiro atoms. The summed E-state index contributed by atoms with van der Waals surface area (Å²) in [5, 5.41) is 1.08. The first-order chi connectivity index (χ1) is 8.54. The van der Waals surface area contributed by atoms with Crippen LogP contribution in [0.5, 0.6) is 0 Å². The van der Waals surface area contributed by atoms with E-state index in [2.05, 4.69) is 45.8 Å². The largest absolute Gasteiger partial charge is 0.305 e. The fourth-order valence-electron chi connectivity index (χ4n) is 1.99. The number of fused-ring (bicyclic) bond motifs is 1. The van der Waals surface area contributed by atoms with E-state index in [1.54, 1.807) is 11.3 Å². The Labute approximate surface area is 118 Å².